The molecular formula is C57H48N4O2+2. The highest BCUT2D eigenvalue weighted by Gasteiger charge is 2.50. The van der Waals surface area contributed by atoms with Crippen LogP contribution >= 0.6 is 0 Å². The summed E-state index contributed by atoms with van der Waals surface area (Å²) in [5.74, 6) is 0.731. The smallest absolute Gasteiger partial charge is 0.280 e. The van der Waals surface area contributed by atoms with E-state index in [9.17, 15) is 0 Å². The maximum Gasteiger partial charge on any atom is 0.280 e. The molecule has 306 valence electrons. The topological polar surface area (TPSA) is 51.8 Å². The first-order valence-corrected chi connectivity index (χ1v) is 22.2. The predicted octanol–water partition coefficient (Wildman–Crippen LogP) is 10.5. The summed E-state index contributed by atoms with van der Waals surface area (Å²) in [7, 11) is 0. The van der Waals surface area contributed by atoms with E-state index in [0.717, 1.165) is 5.82 Å². The van der Waals surface area contributed by atoms with Crippen LogP contribution in [0.4, 0.5) is 0 Å². The van der Waals surface area contributed by atoms with Crippen LogP contribution in [0.1, 0.15) is 60.4 Å². The van der Waals surface area contributed by atoms with Crippen LogP contribution in [0.15, 0.2) is 176 Å². The molecule has 0 bridgehead atoms. The zero-order chi connectivity index (χ0) is 42.4. The average Bonchev–Trinajstić information content (AvgIpc) is 3.84. The van der Waals surface area contributed by atoms with E-state index in [2.05, 4.69) is 195 Å². The summed E-state index contributed by atoms with van der Waals surface area (Å²) in [6.07, 6.45) is 4.90. The van der Waals surface area contributed by atoms with Crippen molar-refractivity contribution in [1.29, 1.82) is 0 Å². The quantitative estimate of drug-likeness (QED) is 0.115. The largest absolute Gasteiger partial charge is 0.280 e. The Morgan fingerprint density at radius 3 is 1.30 bits per heavy atom. The number of imidazole rings is 2. The summed E-state index contributed by atoms with van der Waals surface area (Å²) in [6.45, 7) is 4.33. The summed E-state index contributed by atoms with van der Waals surface area (Å²) in [5, 5.41) is 9.61. The van der Waals surface area contributed by atoms with Crippen molar-refractivity contribution in [2.24, 2.45) is 0 Å². The Balaban J connectivity index is 1.03. The third kappa shape index (κ3) is 6.83. The van der Waals surface area contributed by atoms with Crippen LogP contribution in [-0.2, 0) is 51.9 Å². The Morgan fingerprint density at radius 2 is 0.810 bits per heavy atom. The van der Waals surface area contributed by atoms with Gasteiger partial charge in [0, 0.05) is 32.6 Å². The van der Waals surface area contributed by atoms with Gasteiger partial charge in [-0.1, -0.05) is 170 Å². The van der Waals surface area contributed by atoms with Crippen molar-refractivity contribution >= 4 is 54.7 Å². The molecule has 2 heterocycles. The van der Waals surface area contributed by atoms with E-state index in [1.54, 1.807) is 0 Å². The molecule has 1 aliphatic carbocycles. The second-order valence-corrected chi connectivity index (χ2v) is 17.0. The summed E-state index contributed by atoms with van der Waals surface area (Å²) in [5.41, 5.74) is 6.83. The monoisotopic (exact) mass is 820 g/mol. The first kappa shape index (κ1) is 38.5. The molecule has 0 amide bonds. The van der Waals surface area contributed by atoms with Crippen molar-refractivity contribution in [1.82, 2.24) is 9.13 Å². The van der Waals surface area contributed by atoms with Crippen LogP contribution in [0.5, 0.6) is 0 Å². The van der Waals surface area contributed by atoms with Crippen LogP contribution in [0.3, 0.4) is 0 Å². The summed E-state index contributed by atoms with van der Waals surface area (Å²) in [6, 6.07) is 59.6. The number of carbonyl (C=O) groups is 2. The third-order valence-electron chi connectivity index (χ3n) is 13.5. The molecule has 10 aromatic rings. The van der Waals surface area contributed by atoms with E-state index in [4.69, 9.17) is 0 Å². The lowest BCUT2D eigenvalue weighted by Crippen LogP contribution is -2.46. The van der Waals surface area contributed by atoms with E-state index >= 15 is 9.59 Å². The molecule has 0 atom stereocenters. The van der Waals surface area contributed by atoms with Gasteiger partial charge in [0.2, 0.25) is 29.1 Å². The Kier molecular flexibility index (Phi) is 9.84. The molecule has 1 aliphatic rings. The number of hydrogen-bond acceptors (Lipinski definition) is 2. The molecule has 63 heavy (non-hydrogen) atoms. The van der Waals surface area contributed by atoms with Crippen molar-refractivity contribution in [2.75, 3.05) is 0 Å². The van der Waals surface area contributed by atoms with Crippen LogP contribution in [0.25, 0.3) is 43.1 Å². The van der Waals surface area contributed by atoms with Gasteiger partial charge in [0.05, 0.1) is 26.2 Å². The Hall–Kier alpha value is -7.44. The number of rotatable bonds is 12. The molecule has 8 aromatic carbocycles. The highest BCUT2D eigenvalue weighted by atomic mass is 16.1. The SMILES string of the molecule is Cc1n(CCc2cccc3ccccc23)c2c([n+]1CCc1cccc3ccccc13)C(=O)c1c([n+](CCc3cccc4ccccc34)cn1CCc1cccc3ccccc13)C2=O. The molecule has 0 fully saturated rings. The standard InChI is InChI=1S/C57H48N4O2/c1-39-60(36-32-46-24-12-20-42-16-4-8-28-50(42)46)54-55(61(39)37-33-47-25-13-21-43-17-5-9-29-51(43)47)57(63)53-52(56(54)62)58(34-30-44-22-10-18-40-14-2-6-26-48(40)44)38-59(53)35-31-45-23-11-19-41-15-3-7-27-49(41)45/h2-29,38H,30-37H2,1H3/q+2. The molecule has 11 rings (SSSR count). The number of carbonyl (C=O) groups excluding carboxylic acids is 2. The minimum atomic E-state index is -0.0913. The van der Waals surface area contributed by atoms with Gasteiger partial charge in [0.1, 0.15) is 0 Å². The number of aryl methyl sites for hydroxylation is 6. The first-order valence-electron chi connectivity index (χ1n) is 22.2. The predicted molar refractivity (Wildman–Crippen MR) is 251 cm³/mol. The number of ketones is 2. The van der Waals surface area contributed by atoms with E-state index in [0.29, 0.717) is 74.6 Å². The molecule has 6 heteroatoms. The summed E-state index contributed by atoms with van der Waals surface area (Å²) in [4.78, 5) is 31.2. The van der Waals surface area contributed by atoms with Gasteiger partial charge in [-0.15, -0.1) is 0 Å². The summed E-state index contributed by atoms with van der Waals surface area (Å²) < 4.78 is 8.43. The lowest BCUT2D eigenvalue weighted by Gasteiger charge is -2.11. The Labute approximate surface area is 366 Å². The van der Waals surface area contributed by atoms with Crippen LogP contribution in [0, 0.1) is 6.92 Å². The second-order valence-electron chi connectivity index (χ2n) is 17.0. The van der Waals surface area contributed by atoms with Gasteiger partial charge in [-0.2, -0.15) is 0 Å². The molecule has 0 radical (unpaired) electrons. The van der Waals surface area contributed by atoms with E-state index in [-0.39, 0.29) is 11.6 Å². The Morgan fingerprint density at radius 1 is 0.413 bits per heavy atom. The van der Waals surface area contributed by atoms with Gasteiger partial charge in [-0.3, -0.25) is 9.59 Å². The van der Waals surface area contributed by atoms with Crippen molar-refractivity contribution in [2.45, 2.75) is 58.8 Å². The second kappa shape index (κ2) is 16.1. The van der Waals surface area contributed by atoms with Crippen molar-refractivity contribution < 1.29 is 18.7 Å². The molecule has 0 unspecified atom stereocenters. The molecule has 2 aromatic heterocycles. The zero-order valence-corrected chi connectivity index (χ0v) is 35.5. The lowest BCUT2D eigenvalue weighted by atomic mass is 9.96. The first-order chi connectivity index (χ1) is 31.0. The molecule has 0 spiro atoms. The fraction of sp³-hybridized carbons (Fsp3) is 0.158. The molecule has 6 nitrogen and oxygen atoms in total. The minimum Gasteiger partial charge on any atom is -0.280 e. The molecule has 0 saturated heterocycles. The highest BCUT2D eigenvalue weighted by molar-refractivity contribution is 6.24. The minimum absolute atomic E-state index is 0.0913. The number of nitrogens with zero attached hydrogens (tertiary/aromatic N) is 4. The van der Waals surface area contributed by atoms with Crippen molar-refractivity contribution in [3.63, 3.8) is 0 Å². The number of aromatic nitrogens is 4. The zero-order valence-electron chi connectivity index (χ0n) is 35.5. The summed E-state index contributed by atoms with van der Waals surface area (Å²) >= 11 is 0. The van der Waals surface area contributed by atoms with Gasteiger partial charge in [-0.25, -0.2) is 18.3 Å². The van der Waals surface area contributed by atoms with E-state index in [1.165, 1.54) is 65.3 Å². The van der Waals surface area contributed by atoms with Crippen LogP contribution in [-0.4, -0.2) is 20.7 Å². The van der Waals surface area contributed by atoms with Gasteiger partial charge in [0.15, 0.2) is 0 Å². The number of fused-ring (bicyclic) bond motifs is 6. The van der Waals surface area contributed by atoms with Gasteiger partial charge >= 0.3 is 0 Å². The lowest BCUT2D eigenvalue weighted by molar-refractivity contribution is -0.704. The van der Waals surface area contributed by atoms with Gasteiger partial charge in [-0.05, 0) is 65.3 Å². The van der Waals surface area contributed by atoms with Crippen molar-refractivity contribution in [3.05, 3.63) is 227 Å². The maximum atomic E-state index is 15.6. The van der Waals surface area contributed by atoms with Gasteiger partial charge in [0.25, 0.3) is 17.4 Å². The van der Waals surface area contributed by atoms with Crippen LogP contribution in [0.2, 0.25) is 0 Å². The molecule has 0 saturated carbocycles. The number of benzene rings is 8. The Bertz CT molecular complexity index is 3180. The van der Waals surface area contributed by atoms with Crippen LogP contribution < -0.4 is 9.13 Å². The normalized spacial score (nSPS) is 12.5. The fourth-order valence-corrected chi connectivity index (χ4v) is 10.3. The number of hydrogen-bond donors (Lipinski definition) is 0. The van der Waals surface area contributed by atoms with Crippen molar-refractivity contribution in [3.8, 4) is 0 Å². The fourth-order valence-electron chi connectivity index (χ4n) is 10.3. The maximum absolute atomic E-state index is 15.6. The van der Waals surface area contributed by atoms with E-state index < -0.39 is 0 Å². The van der Waals surface area contributed by atoms with E-state index in [1.807, 2.05) is 6.33 Å². The highest BCUT2D eigenvalue weighted by Crippen LogP contribution is 2.30. The molecule has 0 aliphatic heterocycles. The molecular weight excluding hydrogens is 773 g/mol. The van der Waals surface area contributed by atoms with Gasteiger partial charge < -0.3 is 0 Å². The third-order valence-corrected chi connectivity index (χ3v) is 13.5. The molecule has 0 N–H and O–H groups in total. The average molecular weight is 821 g/mol.